The molecule has 2 aromatic carbocycles. The van der Waals surface area contributed by atoms with Crippen LogP contribution >= 0.6 is 0 Å². The molecule has 4 unspecified atom stereocenters. The summed E-state index contributed by atoms with van der Waals surface area (Å²) in [5, 5.41) is 2.58. The summed E-state index contributed by atoms with van der Waals surface area (Å²) in [4.78, 5) is 29.6. The Morgan fingerprint density at radius 3 is 1.38 bits per heavy atom. The first-order valence-electron chi connectivity index (χ1n) is 13.2. The smallest absolute Gasteiger partial charge is 0.137 e. The van der Waals surface area contributed by atoms with Crippen LogP contribution in [0.25, 0.3) is 21.8 Å². The molecule has 0 saturated carbocycles. The van der Waals surface area contributed by atoms with Gasteiger partial charge in [-0.3, -0.25) is 9.59 Å². The first-order valence-corrected chi connectivity index (χ1v) is 13.2. The van der Waals surface area contributed by atoms with Crippen molar-refractivity contribution in [3.63, 3.8) is 0 Å². The van der Waals surface area contributed by atoms with Crippen molar-refractivity contribution < 1.29 is 9.59 Å². The first-order chi connectivity index (χ1) is 16.6. The van der Waals surface area contributed by atoms with E-state index in [-0.39, 0.29) is 0 Å². The van der Waals surface area contributed by atoms with Crippen LogP contribution in [0, 0.1) is 0 Å². The molecule has 4 fully saturated rings. The van der Waals surface area contributed by atoms with Crippen LogP contribution in [-0.2, 0) is 16.6 Å². The molecule has 4 aliphatic rings. The molecular formula is C29H33N3O2. The van der Waals surface area contributed by atoms with E-state index in [4.69, 9.17) is 0 Å². The predicted molar refractivity (Wildman–Crippen MR) is 137 cm³/mol. The van der Waals surface area contributed by atoms with Gasteiger partial charge < -0.3 is 14.4 Å². The van der Waals surface area contributed by atoms with Crippen molar-refractivity contribution >= 4 is 44.7 Å². The van der Waals surface area contributed by atoms with E-state index in [2.05, 4.69) is 57.8 Å². The highest BCUT2D eigenvalue weighted by Gasteiger charge is 2.39. The molecule has 0 radical (unpaired) electrons. The monoisotopic (exact) mass is 455 g/mol. The van der Waals surface area contributed by atoms with Gasteiger partial charge in [-0.15, -0.1) is 0 Å². The normalized spacial score (nSPS) is 29.3. The highest BCUT2D eigenvalue weighted by atomic mass is 16.1. The Bertz CT molecular complexity index is 1190. The third-order valence-electron chi connectivity index (χ3n) is 9.15. The standard InChI is InChI=1S/C29H33N3O2/c1-30-28-16-22(31-18-4-2-5-19(31)13-24(33)12-18)8-10-26(28)27-11-9-23(17-29(27)30)32-20-6-3-7-21(32)15-25(34)14-20/h8-11,16-21H,2-7,12-15H2,1H3. The minimum atomic E-state index is 0.361. The van der Waals surface area contributed by atoms with Crippen LogP contribution in [0.5, 0.6) is 0 Å². The summed E-state index contributed by atoms with van der Waals surface area (Å²) in [6.07, 6.45) is 9.78. The summed E-state index contributed by atoms with van der Waals surface area (Å²) in [7, 11) is 2.18. The molecule has 4 bridgehead atoms. The number of hydrogen-bond acceptors (Lipinski definition) is 4. The fraction of sp³-hybridized carbons (Fsp3) is 0.517. The van der Waals surface area contributed by atoms with Crippen LogP contribution < -0.4 is 9.80 Å². The summed E-state index contributed by atoms with van der Waals surface area (Å²) in [6, 6.07) is 15.3. The minimum absolute atomic E-state index is 0.361. The van der Waals surface area contributed by atoms with E-state index in [0.717, 1.165) is 25.7 Å². The lowest BCUT2D eigenvalue weighted by Crippen LogP contribution is -2.52. The van der Waals surface area contributed by atoms with E-state index >= 15 is 0 Å². The number of aryl methyl sites for hydroxylation is 1. The third-order valence-corrected chi connectivity index (χ3v) is 9.15. The zero-order valence-electron chi connectivity index (χ0n) is 20.0. The molecule has 4 saturated heterocycles. The Hall–Kier alpha value is -2.82. The maximum atomic E-state index is 12.2. The van der Waals surface area contributed by atoms with Gasteiger partial charge in [-0.2, -0.15) is 0 Å². The summed E-state index contributed by atoms with van der Waals surface area (Å²) in [6.45, 7) is 0. The zero-order chi connectivity index (χ0) is 23.0. The number of Topliss-reactive ketones (excluding diaryl/α,β-unsaturated/α-hetero) is 2. The van der Waals surface area contributed by atoms with Crippen molar-refractivity contribution in [2.75, 3.05) is 9.80 Å². The Morgan fingerprint density at radius 2 is 1.00 bits per heavy atom. The molecule has 3 aromatic rings. The molecule has 0 amide bonds. The molecule has 4 atom stereocenters. The van der Waals surface area contributed by atoms with E-state index in [1.54, 1.807) is 0 Å². The number of fused-ring (bicyclic) bond motifs is 7. The summed E-state index contributed by atoms with van der Waals surface area (Å²) in [5.74, 6) is 0.877. The van der Waals surface area contributed by atoms with Crippen molar-refractivity contribution in [1.29, 1.82) is 0 Å². The van der Waals surface area contributed by atoms with Gasteiger partial charge >= 0.3 is 0 Å². The van der Waals surface area contributed by atoms with Crippen LogP contribution in [-0.4, -0.2) is 40.3 Å². The molecule has 34 heavy (non-hydrogen) atoms. The molecular weight excluding hydrogens is 422 g/mol. The lowest BCUT2D eigenvalue weighted by Gasteiger charge is -2.47. The van der Waals surface area contributed by atoms with E-state index in [0.29, 0.717) is 61.4 Å². The van der Waals surface area contributed by atoms with E-state index in [1.165, 1.54) is 46.0 Å². The Morgan fingerprint density at radius 1 is 0.618 bits per heavy atom. The van der Waals surface area contributed by atoms with Gasteiger partial charge in [-0.05, 0) is 62.8 Å². The number of rotatable bonds is 2. The molecule has 0 N–H and O–H groups in total. The molecule has 1 aromatic heterocycles. The number of benzene rings is 2. The largest absolute Gasteiger partial charge is 0.365 e. The van der Waals surface area contributed by atoms with Crippen LogP contribution in [0.4, 0.5) is 11.4 Å². The minimum Gasteiger partial charge on any atom is -0.365 e. The third kappa shape index (κ3) is 3.05. The SMILES string of the molecule is Cn1c2cc(N3C4CCCC3CC(=O)C4)ccc2c2ccc(N3C4CCCC3CC(=O)C4)cc21. The van der Waals surface area contributed by atoms with Gasteiger partial charge in [0, 0.05) is 79.0 Å². The van der Waals surface area contributed by atoms with Crippen LogP contribution in [0.2, 0.25) is 0 Å². The molecule has 5 heterocycles. The fourth-order valence-electron chi connectivity index (χ4n) is 7.70. The molecule has 4 aliphatic heterocycles. The lowest BCUT2D eigenvalue weighted by atomic mass is 9.83. The van der Waals surface area contributed by atoms with Crippen molar-refractivity contribution in [2.45, 2.75) is 88.4 Å². The predicted octanol–water partition coefficient (Wildman–Crippen LogP) is 5.51. The quantitative estimate of drug-likeness (QED) is 0.511. The molecule has 7 rings (SSSR count). The van der Waals surface area contributed by atoms with E-state index in [1.807, 2.05) is 0 Å². The first kappa shape index (κ1) is 20.5. The second-order valence-electron chi connectivity index (χ2n) is 11.1. The molecule has 5 nitrogen and oxygen atoms in total. The van der Waals surface area contributed by atoms with E-state index in [9.17, 15) is 9.59 Å². The summed E-state index contributed by atoms with van der Waals surface area (Å²) < 4.78 is 2.34. The number of ketones is 2. The maximum Gasteiger partial charge on any atom is 0.137 e. The van der Waals surface area contributed by atoms with Crippen molar-refractivity contribution in [3.8, 4) is 0 Å². The molecule has 176 valence electrons. The molecule has 0 spiro atoms. The molecule has 0 aliphatic carbocycles. The molecule has 5 heteroatoms. The number of anilines is 2. The van der Waals surface area contributed by atoms with Gasteiger partial charge in [0.05, 0.1) is 11.0 Å². The number of nitrogens with zero attached hydrogens (tertiary/aromatic N) is 3. The van der Waals surface area contributed by atoms with Crippen LogP contribution in [0.1, 0.15) is 64.2 Å². The van der Waals surface area contributed by atoms with Gasteiger partial charge in [0.15, 0.2) is 0 Å². The fourth-order valence-corrected chi connectivity index (χ4v) is 7.70. The van der Waals surface area contributed by atoms with Gasteiger partial charge in [-0.1, -0.05) is 12.1 Å². The second kappa shape index (κ2) is 7.59. The Kier molecular flexibility index (Phi) is 4.59. The highest BCUT2D eigenvalue weighted by Crippen LogP contribution is 2.41. The number of hydrogen-bond donors (Lipinski definition) is 0. The summed E-state index contributed by atoms with van der Waals surface area (Å²) in [5.41, 5.74) is 5.05. The number of carbonyl (C=O) groups excluding carboxylic acids is 2. The van der Waals surface area contributed by atoms with Gasteiger partial charge in [0.1, 0.15) is 11.6 Å². The summed E-state index contributed by atoms with van der Waals surface area (Å²) >= 11 is 0. The van der Waals surface area contributed by atoms with Crippen molar-refractivity contribution in [2.24, 2.45) is 7.05 Å². The highest BCUT2D eigenvalue weighted by molar-refractivity contribution is 6.09. The maximum absolute atomic E-state index is 12.2. The number of aromatic nitrogens is 1. The average Bonchev–Trinajstić information content (AvgIpc) is 3.09. The van der Waals surface area contributed by atoms with E-state index < -0.39 is 0 Å². The van der Waals surface area contributed by atoms with Crippen LogP contribution in [0.3, 0.4) is 0 Å². The number of carbonyl (C=O) groups is 2. The zero-order valence-corrected chi connectivity index (χ0v) is 20.0. The number of piperidine rings is 4. The Labute approximate surface area is 200 Å². The van der Waals surface area contributed by atoms with Crippen LogP contribution in [0.15, 0.2) is 36.4 Å². The van der Waals surface area contributed by atoms with Gasteiger partial charge in [0.25, 0.3) is 0 Å². The Balaban J connectivity index is 1.30. The second-order valence-corrected chi connectivity index (χ2v) is 11.1. The van der Waals surface area contributed by atoms with Gasteiger partial charge in [-0.25, -0.2) is 0 Å². The lowest BCUT2D eigenvalue weighted by molar-refractivity contribution is -0.122. The van der Waals surface area contributed by atoms with Crippen molar-refractivity contribution in [3.05, 3.63) is 36.4 Å². The average molecular weight is 456 g/mol. The topological polar surface area (TPSA) is 45.6 Å². The van der Waals surface area contributed by atoms with Crippen molar-refractivity contribution in [1.82, 2.24) is 4.57 Å². The van der Waals surface area contributed by atoms with Gasteiger partial charge in [0.2, 0.25) is 0 Å².